The van der Waals surface area contributed by atoms with Gasteiger partial charge in [-0.3, -0.25) is 10.1 Å². The third kappa shape index (κ3) is 3.98. The predicted molar refractivity (Wildman–Crippen MR) is 85.0 cm³/mol. The maximum absolute atomic E-state index is 12.8. The Balaban J connectivity index is 2.06. The van der Waals surface area contributed by atoms with Crippen LogP contribution in [0, 0.1) is 5.92 Å². The average molecular weight is 296 g/mol. The van der Waals surface area contributed by atoms with Crippen molar-refractivity contribution in [3.8, 4) is 0 Å². The molecule has 0 aromatic heterocycles. The molecule has 4 unspecified atom stereocenters. The van der Waals surface area contributed by atoms with Gasteiger partial charge in [-0.2, -0.15) is 0 Å². The third-order valence-electron chi connectivity index (χ3n) is 4.76. The first-order valence-electron chi connectivity index (χ1n) is 8.74. The van der Waals surface area contributed by atoms with Crippen LogP contribution >= 0.6 is 0 Å². The summed E-state index contributed by atoms with van der Waals surface area (Å²) < 4.78 is 5.82. The molecule has 0 saturated carbocycles. The van der Waals surface area contributed by atoms with Crippen molar-refractivity contribution in [1.82, 2.24) is 10.2 Å². The van der Waals surface area contributed by atoms with Gasteiger partial charge in [0.05, 0.1) is 24.4 Å². The van der Waals surface area contributed by atoms with Gasteiger partial charge in [-0.1, -0.05) is 33.6 Å². The van der Waals surface area contributed by atoms with Gasteiger partial charge < -0.3 is 9.64 Å². The third-order valence-corrected chi connectivity index (χ3v) is 4.76. The van der Waals surface area contributed by atoms with Crippen LogP contribution in [-0.2, 0) is 9.53 Å². The van der Waals surface area contributed by atoms with E-state index in [-0.39, 0.29) is 30.3 Å². The highest BCUT2D eigenvalue weighted by atomic mass is 16.5. The summed E-state index contributed by atoms with van der Waals surface area (Å²) in [6.45, 7) is 9.63. The molecule has 0 spiro atoms. The van der Waals surface area contributed by atoms with Gasteiger partial charge in [-0.05, 0) is 38.5 Å². The molecule has 0 bridgehead atoms. The van der Waals surface area contributed by atoms with Gasteiger partial charge in [0.25, 0.3) is 0 Å². The van der Waals surface area contributed by atoms with E-state index in [1.54, 1.807) is 0 Å². The molecule has 0 aromatic rings. The predicted octanol–water partition coefficient (Wildman–Crippen LogP) is 2.92. The summed E-state index contributed by atoms with van der Waals surface area (Å²) in [7, 11) is 0. The smallest absolute Gasteiger partial charge is 0.241 e. The summed E-state index contributed by atoms with van der Waals surface area (Å²) in [6, 6.07) is 0.195. The van der Waals surface area contributed by atoms with E-state index in [4.69, 9.17) is 4.74 Å². The Morgan fingerprint density at radius 1 is 1.38 bits per heavy atom. The van der Waals surface area contributed by atoms with E-state index in [0.29, 0.717) is 5.92 Å². The highest BCUT2D eigenvalue weighted by Crippen LogP contribution is 2.27. The van der Waals surface area contributed by atoms with Crippen LogP contribution in [0.3, 0.4) is 0 Å². The second kappa shape index (κ2) is 7.59. The molecule has 0 radical (unpaired) electrons. The minimum atomic E-state index is 0.0116. The molecule has 0 aromatic carbocycles. The lowest BCUT2D eigenvalue weighted by Gasteiger charge is -2.34. The number of hydrogen-bond acceptors (Lipinski definition) is 3. The topological polar surface area (TPSA) is 41.6 Å². The lowest BCUT2D eigenvalue weighted by molar-refractivity contribution is -0.135. The first-order chi connectivity index (χ1) is 10.0. The van der Waals surface area contributed by atoms with Crippen LogP contribution in [0.1, 0.15) is 66.2 Å². The lowest BCUT2D eigenvalue weighted by atomic mass is 10.0. The Labute approximate surface area is 129 Å². The normalized spacial score (nSPS) is 31.4. The molecule has 122 valence electrons. The fourth-order valence-electron chi connectivity index (χ4n) is 3.61. The zero-order chi connectivity index (χ0) is 15.4. The molecule has 4 nitrogen and oxygen atoms in total. The van der Waals surface area contributed by atoms with E-state index in [9.17, 15) is 4.79 Å². The molecule has 1 N–H and O–H groups in total. The summed E-state index contributed by atoms with van der Waals surface area (Å²) in [5.74, 6) is 0.872. The number of unbranched alkanes of at least 4 members (excludes halogenated alkanes) is 1. The molecular formula is C17H32N2O2. The van der Waals surface area contributed by atoms with Crippen molar-refractivity contribution in [1.29, 1.82) is 0 Å². The van der Waals surface area contributed by atoms with Gasteiger partial charge in [-0.25, -0.2) is 0 Å². The molecule has 21 heavy (non-hydrogen) atoms. The molecule has 2 aliphatic rings. The van der Waals surface area contributed by atoms with Gasteiger partial charge in [0.15, 0.2) is 0 Å². The molecule has 2 aliphatic heterocycles. The summed E-state index contributed by atoms with van der Waals surface area (Å²) in [4.78, 5) is 14.9. The Bertz CT molecular complexity index is 340. The van der Waals surface area contributed by atoms with Crippen molar-refractivity contribution >= 4 is 5.91 Å². The number of rotatable bonds is 7. The molecule has 2 heterocycles. The second-order valence-electron chi connectivity index (χ2n) is 7.04. The fourth-order valence-corrected chi connectivity index (χ4v) is 3.61. The largest absolute Gasteiger partial charge is 0.376 e. The average Bonchev–Trinajstić information content (AvgIpc) is 3.04. The maximum Gasteiger partial charge on any atom is 0.241 e. The monoisotopic (exact) mass is 296 g/mol. The molecule has 2 fully saturated rings. The van der Waals surface area contributed by atoms with E-state index < -0.39 is 0 Å². The van der Waals surface area contributed by atoms with E-state index in [1.807, 2.05) is 0 Å². The minimum absolute atomic E-state index is 0.0116. The van der Waals surface area contributed by atoms with Crippen molar-refractivity contribution in [2.75, 3.05) is 6.61 Å². The van der Waals surface area contributed by atoms with Crippen LogP contribution in [0.15, 0.2) is 0 Å². The lowest BCUT2D eigenvalue weighted by Crippen LogP contribution is -2.48. The van der Waals surface area contributed by atoms with Crippen molar-refractivity contribution in [2.24, 2.45) is 5.92 Å². The van der Waals surface area contributed by atoms with Gasteiger partial charge in [0.2, 0.25) is 5.91 Å². The summed E-state index contributed by atoms with van der Waals surface area (Å²) in [5, 5.41) is 3.58. The highest BCUT2D eigenvalue weighted by molar-refractivity contribution is 5.84. The standard InChI is InChI=1S/C17H32N2O2/c1-5-6-8-14-17(20)19(16(18-14)11-12(2)3)13(4)15-9-7-10-21-15/h12-16,18H,5-11H2,1-4H3. The molecular weight excluding hydrogens is 264 g/mol. The van der Waals surface area contributed by atoms with Gasteiger partial charge in [-0.15, -0.1) is 0 Å². The van der Waals surface area contributed by atoms with Crippen LogP contribution in [0.2, 0.25) is 0 Å². The molecule has 2 rings (SSSR count). The van der Waals surface area contributed by atoms with Crippen LogP contribution in [0.25, 0.3) is 0 Å². The quantitative estimate of drug-likeness (QED) is 0.785. The second-order valence-corrected chi connectivity index (χ2v) is 7.04. The molecule has 1 amide bonds. The Morgan fingerprint density at radius 3 is 2.71 bits per heavy atom. The summed E-state index contributed by atoms with van der Waals surface area (Å²) in [5.41, 5.74) is 0. The summed E-state index contributed by atoms with van der Waals surface area (Å²) >= 11 is 0. The first-order valence-corrected chi connectivity index (χ1v) is 8.74. The van der Waals surface area contributed by atoms with Crippen LogP contribution in [0.5, 0.6) is 0 Å². The van der Waals surface area contributed by atoms with E-state index in [1.165, 1.54) is 0 Å². The number of nitrogens with one attached hydrogen (secondary N) is 1. The molecule has 2 saturated heterocycles. The molecule has 4 heteroatoms. The number of carbonyl (C=O) groups is 1. The molecule has 0 aliphatic carbocycles. The van der Waals surface area contributed by atoms with E-state index >= 15 is 0 Å². The number of amides is 1. The van der Waals surface area contributed by atoms with Crippen LogP contribution in [-0.4, -0.2) is 41.8 Å². The van der Waals surface area contributed by atoms with Gasteiger partial charge in [0.1, 0.15) is 0 Å². The van der Waals surface area contributed by atoms with E-state index in [2.05, 4.69) is 37.9 Å². The number of ether oxygens (including phenoxy) is 1. The molecule has 4 atom stereocenters. The van der Waals surface area contributed by atoms with Gasteiger partial charge >= 0.3 is 0 Å². The summed E-state index contributed by atoms with van der Waals surface area (Å²) in [6.07, 6.45) is 6.83. The van der Waals surface area contributed by atoms with Gasteiger partial charge in [0, 0.05) is 6.61 Å². The van der Waals surface area contributed by atoms with E-state index in [0.717, 1.165) is 45.1 Å². The van der Waals surface area contributed by atoms with Crippen molar-refractivity contribution in [3.63, 3.8) is 0 Å². The SMILES string of the molecule is CCCCC1NC(CC(C)C)N(C(C)C2CCCO2)C1=O. The first kappa shape index (κ1) is 16.8. The van der Waals surface area contributed by atoms with Crippen molar-refractivity contribution in [3.05, 3.63) is 0 Å². The minimum Gasteiger partial charge on any atom is -0.376 e. The van der Waals surface area contributed by atoms with Crippen molar-refractivity contribution in [2.45, 2.75) is 90.6 Å². The number of nitrogens with zero attached hydrogens (tertiary/aromatic N) is 1. The Kier molecular flexibility index (Phi) is 6.06. The number of hydrogen-bond donors (Lipinski definition) is 1. The Hall–Kier alpha value is -0.610. The van der Waals surface area contributed by atoms with Crippen LogP contribution < -0.4 is 5.32 Å². The van der Waals surface area contributed by atoms with Crippen molar-refractivity contribution < 1.29 is 9.53 Å². The zero-order valence-corrected chi connectivity index (χ0v) is 14.1. The Morgan fingerprint density at radius 2 is 2.14 bits per heavy atom. The zero-order valence-electron chi connectivity index (χ0n) is 14.1. The van der Waals surface area contributed by atoms with Crippen LogP contribution in [0.4, 0.5) is 0 Å². The maximum atomic E-state index is 12.8. The number of carbonyl (C=O) groups excluding carboxylic acids is 1. The highest BCUT2D eigenvalue weighted by Gasteiger charge is 2.43. The fraction of sp³-hybridized carbons (Fsp3) is 0.941.